The normalized spacial score (nSPS) is 14.5. The van der Waals surface area contributed by atoms with Crippen LogP contribution in [0.25, 0.3) is 11.3 Å². The second-order valence-corrected chi connectivity index (χ2v) is 4.58. The summed E-state index contributed by atoms with van der Waals surface area (Å²) < 4.78 is 1.72. The fourth-order valence-corrected chi connectivity index (χ4v) is 1.78. The van der Waals surface area contributed by atoms with E-state index in [1.807, 2.05) is 13.2 Å². The van der Waals surface area contributed by atoms with Crippen molar-refractivity contribution in [3.8, 4) is 11.3 Å². The molecule has 1 fully saturated rings. The van der Waals surface area contributed by atoms with Crippen LogP contribution < -0.4 is 5.32 Å². The first-order chi connectivity index (χ1) is 8.72. The largest absolute Gasteiger partial charge is 0.349 e. The Balaban J connectivity index is 1.86. The zero-order chi connectivity index (χ0) is 12.5. The van der Waals surface area contributed by atoms with Crippen LogP contribution in [0.5, 0.6) is 0 Å². The Morgan fingerprint density at radius 1 is 1.50 bits per heavy atom. The molecule has 5 heteroatoms. The molecule has 0 bridgehead atoms. The predicted octanol–water partition coefficient (Wildman–Crippen LogP) is 1.37. The number of hydrogen-bond acceptors (Lipinski definition) is 3. The molecule has 0 unspecified atom stereocenters. The predicted molar refractivity (Wildman–Crippen MR) is 66.9 cm³/mol. The highest BCUT2D eigenvalue weighted by Crippen LogP contribution is 2.20. The fourth-order valence-electron chi connectivity index (χ4n) is 1.78. The van der Waals surface area contributed by atoms with Gasteiger partial charge in [-0.3, -0.25) is 14.5 Å². The van der Waals surface area contributed by atoms with E-state index in [0.717, 1.165) is 24.1 Å². The van der Waals surface area contributed by atoms with E-state index in [1.54, 1.807) is 29.2 Å². The highest BCUT2D eigenvalue weighted by molar-refractivity contribution is 5.95. The molecule has 1 aliphatic rings. The number of aromatic nitrogens is 3. The van der Waals surface area contributed by atoms with Crippen LogP contribution in [0, 0.1) is 0 Å². The van der Waals surface area contributed by atoms with Gasteiger partial charge in [0, 0.05) is 36.6 Å². The standard InChI is InChI=1S/C13H14N4O/c1-17-8-10(7-15-17)12-6-9(4-5-14-12)13(18)16-11-2-3-11/h4-8,11H,2-3H2,1H3,(H,16,18). The number of amides is 1. The molecule has 18 heavy (non-hydrogen) atoms. The number of carbonyl (C=O) groups excluding carboxylic acids is 1. The number of carbonyl (C=O) groups is 1. The third kappa shape index (κ3) is 2.25. The summed E-state index contributed by atoms with van der Waals surface area (Å²) in [5.74, 6) is -0.0231. The van der Waals surface area contributed by atoms with Crippen LogP contribution in [0.4, 0.5) is 0 Å². The summed E-state index contributed by atoms with van der Waals surface area (Å²) >= 11 is 0. The summed E-state index contributed by atoms with van der Waals surface area (Å²) in [6.07, 6.45) is 7.46. The Hall–Kier alpha value is -2.17. The van der Waals surface area contributed by atoms with E-state index < -0.39 is 0 Å². The minimum atomic E-state index is -0.0231. The first kappa shape index (κ1) is 11.0. The van der Waals surface area contributed by atoms with Gasteiger partial charge in [-0.25, -0.2) is 0 Å². The van der Waals surface area contributed by atoms with Crippen molar-refractivity contribution in [3.63, 3.8) is 0 Å². The van der Waals surface area contributed by atoms with E-state index in [0.29, 0.717) is 11.6 Å². The van der Waals surface area contributed by atoms with Crippen molar-refractivity contribution in [2.45, 2.75) is 18.9 Å². The maximum atomic E-state index is 11.9. The molecule has 5 nitrogen and oxygen atoms in total. The fraction of sp³-hybridized carbons (Fsp3) is 0.308. The van der Waals surface area contributed by atoms with Gasteiger partial charge in [-0.2, -0.15) is 5.10 Å². The first-order valence-corrected chi connectivity index (χ1v) is 5.98. The molecule has 2 aromatic rings. The molecular formula is C13H14N4O. The summed E-state index contributed by atoms with van der Waals surface area (Å²) in [5.41, 5.74) is 2.33. The number of hydrogen-bond donors (Lipinski definition) is 1. The van der Waals surface area contributed by atoms with E-state index in [1.165, 1.54) is 0 Å². The van der Waals surface area contributed by atoms with Crippen LogP contribution in [0.15, 0.2) is 30.7 Å². The van der Waals surface area contributed by atoms with Crippen LogP contribution >= 0.6 is 0 Å². The highest BCUT2D eigenvalue weighted by Gasteiger charge is 2.23. The number of nitrogens with zero attached hydrogens (tertiary/aromatic N) is 3. The van der Waals surface area contributed by atoms with Crippen molar-refractivity contribution in [3.05, 3.63) is 36.3 Å². The third-order valence-corrected chi connectivity index (χ3v) is 2.94. The molecule has 1 saturated carbocycles. The lowest BCUT2D eigenvalue weighted by Gasteiger charge is -2.04. The molecule has 0 saturated heterocycles. The summed E-state index contributed by atoms with van der Waals surface area (Å²) in [4.78, 5) is 16.2. The van der Waals surface area contributed by atoms with Crippen LogP contribution in [0.1, 0.15) is 23.2 Å². The van der Waals surface area contributed by atoms with Gasteiger partial charge in [0.25, 0.3) is 5.91 Å². The lowest BCUT2D eigenvalue weighted by Crippen LogP contribution is -2.25. The molecule has 1 aliphatic carbocycles. The average Bonchev–Trinajstić information content (AvgIpc) is 3.08. The van der Waals surface area contributed by atoms with Crippen molar-refractivity contribution < 1.29 is 4.79 Å². The zero-order valence-corrected chi connectivity index (χ0v) is 10.1. The Morgan fingerprint density at radius 3 is 3.00 bits per heavy atom. The molecular weight excluding hydrogens is 228 g/mol. The molecule has 92 valence electrons. The molecule has 2 aromatic heterocycles. The molecule has 0 aliphatic heterocycles. The van der Waals surface area contributed by atoms with E-state index >= 15 is 0 Å². The van der Waals surface area contributed by atoms with E-state index in [-0.39, 0.29) is 5.91 Å². The van der Waals surface area contributed by atoms with Gasteiger partial charge in [0.15, 0.2) is 0 Å². The SMILES string of the molecule is Cn1cc(-c2cc(C(=O)NC3CC3)ccn2)cn1. The summed E-state index contributed by atoms with van der Waals surface area (Å²) in [6, 6.07) is 3.90. The molecule has 3 rings (SSSR count). The average molecular weight is 242 g/mol. The quantitative estimate of drug-likeness (QED) is 0.884. The van der Waals surface area contributed by atoms with Crippen LogP contribution in [-0.4, -0.2) is 26.7 Å². The van der Waals surface area contributed by atoms with Gasteiger partial charge in [-0.15, -0.1) is 0 Å². The maximum Gasteiger partial charge on any atom is 0.251 e. The number of aryl methyl sites for hydroxylation is 1. The lowest BCUT2D eigenvalue weighted by molar-refractivity contribution is 0.0951. The number of nitrogens with one attached hydrogen (secondary N) is 1. The van der Waals surface area contributed by atoms with Gasteiger partial charge in [-0.1, -0.05) is 0 Å². The van der Waals surface area contributed by atoms with E-state index in [4.69, 9.17) is 0 Å². The maximum absolute atomic E-state index is 11.9. The van der Waals surface area contributed by atoms with Crippen molar-refractivity contribution in [2.24, 2.45) is 7.05 Å². The Morgan fingerprint density at radius 2 is 2.33 bits per heavy atom. The molecule has 2 heterocycles. The van der Waals surface area contributed by atoms with Gasteiger partial charge < -0.3 is 5.32 Å². The van der Waals surface area contributed by atoms with Gasteiger partial charge in [0.1, 0.15) is 0 Å². The van der Waals surface area contributed by atoms with Gasteiger partial charge in [0.2, 0.25) is 0 Å². The molecule has 1 N–H and O–H groups in total. The smallest absolute Gasteiger partial charge is 0.251 e. The zero-order valence-electron chi connectivity index (χ0n) is 10.1. The van der Waals surface area contributed by atoms with Crippen molar-refractivity contribution in [1.29, 1.82) is 0 Å². The topological polar surface area (TPSA) is 59.8 Å². The van der Waals surface area contributed by atoms with Crippen LogP contribution in [0.3, 0.4) is 0 Å². The van der Waals surface area contributed by atoms with E-state index in [2.05, 4.69) is 15.4 Å². The summed E-state index contributed by atoms with van der Waals surface area (Å²) in [6.45, 7) is 0. The first-order valence-electron chi connectivity index (χ1n) is 5.98. The highest BCUT2D eigenvalue weighted by atomic mass is 16.1. The molecule has 0 spiro atoms. The summed E-state index contributed by atoms with van der Waals surface area (Å²) in [5, 5.41) is 7.07. The van der Waals surface area contributed by atoms with Crippen LogP contribution in [-0.2, 0) is 7.05 Å². The number of pyridine rings is 1. The lowest BCUT2D eigenvalue weighted by atomic mass is 10.1. The monoisotopic (exact) mass is 242 g/mol. The Labute approximate surface area is 105 Å². The molecule has 1 amide bonds. The van der Waals surface area contributed by atoms with Gasteiger partial charge in [0.05, 0.1) is 11.9 Å². The molecule has 0 aromatic carbocycles. The second kappa shape index (κ2) is 4.25. The van der Waals surface area contributed by atoms with Gasteiger partial charge in [-0.05, 0) is 25.0 Å². The minimum Gasteiger partial charge on any atom is -0.349 e. The minimum absolute atomic E-state index is 0.0231. The number of rotatable bonds is 3. The van der Waals surface area contributed by atoms with Crippen molar-refractivity contribution in [2.75, 3.05) is 0 Å². The van der Waals surface area contributed by atoms with Crippen LogP contribution in [0.2, 0.25) is 0 Å². The second-order valence-electron chi connectivity index (χ2n) is 4.58. The molecule has 0 radical (unpaired) electrons. The summed E-state index contributed by atoms with van der Waals surface area (Å²) in [7, 11) is 1.85. The molecule has 0 atom stereocenters. The van der Waals surface area contributed by atoms with Crippen molar-refractivity contribution in [1.82, 2.24) is 20.1 Å². The Kier molecular flexibility index (Phi) is 2.59. The van der Waals surface area contributed by atoms with E-state index in [9.17, 15) is 4.79 Å². The third-order valence-electron chi connectivity index (χ3n) is 2.94. The van der Waals surface area contributed by atoms with Crippen molar-refractivity contribution >= 4 is 5.91 Å². The Bertz CT molecular complexity index is 586. The van der Waals surface area contributed by atoms with Gasteiger partial charge >= 0.3 is 0 Å².